The van der Waals surface area contributed by atoms with Crippen LogP contribution in [0.3, 0.4) is 0 Å². The number of benzene rings is 1. The molecule has 0 bridgehead atoms. The number of carbonyl (C=O) groups is 1. The van der Waals surface area contributed by atoms with Crippen molar-refractivity contribution in [3.63, 3.8) is 0 Å². The first-order chi connectivity index (χ1) is 8.43. The third-order valence-electron chi connectivity index (χ3n) is 3.52. The summed E-state index contributed by atoms with van der Waals surface area (Å²) in [5, 5.41) is 0. The Morgan fingerprint density at radius 2 is 1.83 bits per heavy atom. The van der Waals surface area contributed by atoms with Gasteiger partial charge in [0.2, 0.25) is 0 Å². The van der Waals surface area contributed by atoms with Crippen LogP contribution in [-0.4, -0.2) is 29.4 Å². The van der Waals surface area contributed by atoms with E-state index in [1.807, 2.05) is 30.9 Å². The monoisotopic (exact) mass is 246 g/mol. The van der Waals surface area contributed by atoms with E-state index in [9.17, 15) is 4.79 Å². The van der Waals surface area contributed by atoms with Gasteiger partial charge in [-0.1, -0.05) is 30.5 Å². The number of carbonyl (C=O) groups excluding carboxylic acids is 1. The highest BCUT2D eigenvalue weighted by Crippen LogP contribution is 2.25. The molecule has 0 saturated carbocycles. The van der Waals surface area contributed by atoms with Gasteiger partial charge in [-0.15, -0.1) is 0 Å². The van der Waals surface area contributed by atoms with Crippen molar-refractivity contribution in [2.75, 3.05) is 13.1 Å². The molecule has 18 heavy (non-hydrogen) atoms. The van der Waals surface area contributed by atoms with Crippen LogP contribution in [-0.2, 0) is 0 Å². The molecule has 2 rings (SSSR count). The van der Waals surface area contributed by atoms with Crippen LogP contribution in [0.1, 0.15) is 41.3 Å². The van der Waals surface area contributed by atoms with Gasteiger partial charge in [0.05, 0.1) is 5.54 Å². The maximum absolute atomic E-state index is 12.3. The molecule has 0 aliphatic carbocycles. The summed E-state index contributed by atoms with van der Waals surface area (Å²) in [6.07, 6.45) is 2.06. The normalized spacial score (nSPS) is 17.4. The fraction of sp³-hybridized carbons (Fsp3) is 0.533. The molecule has 1 fully saturated rings. The topological polar surface area (TPSA) is 46.3 Å². The fourth-order valence-electron chi connectivity index (χ4n) is 2.79. The van der Waals surface area contributed by atoms with Crippen LogP contribution in [0.15, 0.2) is 18.2 Å². The van der Waals surface area contributed by atoms with Gasteiger partial charge in [0.15, 0.2) is 0 Å². The Bertz CT molecular complexity index is 441. The second kappa shape index (κ2) is 4.73. The third kappa shape index (κ3) is 2.56. The molecular formula is C15H22N2O. The maximum Gasteiger partial charge on any atom is 0.254 e. The van der Waals surface area contributed by atoms with Gasteiger partial charge >= 0.3 is 0 Å². The number of hydrogen-bond donors (Lipinski definition) is 1. The molecule has 1 aliphatic heterocycles. The van der Waals surface area contributed by atoms with E-state index in [4.69, 9.17) is 5.73 Å². The Balaban J connectivity index is 2.06. The van der Waals surface area contributed by atoms with E-state index < -0.39 is 0 Å². The van der Waals surface area contributed by atoms with Crippen LogP contribution in [0.2, 0.25) is 0 Å². The predicted octanol–water partition coefficient (Wildman–Crippen LogP) is 2.26. The number of nitrogens with zero attached hydrogens (tertiary/aromatic N) is 1. The van der Waals surface area contributed by atoms with Crippen molar-refractivity contribution in [2.45, 2.75) is 39.2 Å². The summed E-state index contributed by atoms with van der Waals surface area (Å²) >= 11 is 0. The molecule has 0 unspecified atom stereocenters. The second-order valence-corrected chi connectivity index (χ2v) is 5.65. The van der Waals surface area contributed by atoms with Crippen LogP contribution in [0.25, 0.3) is 0 Å². The van der Waals surface area contributed by atoms with Crippen LogP contribution in [0, 0.1) is 13.8 Å². The summed E-state index contributed by atoms with van der Waals surface area (Å²) in [4.78, 5) is 14.1. The average molecular weight is 246 g/mol. The molecule has 0 atom stereocenters. The zero-order valence-electron chi connectivity index (χ0n) is 11.5. The Hall–Kier alpha value is -1.35. The summed E-state index contributed by atoms with van der Waals surface area (Å²) in [5.41, 5.74) is 9.08. The van der Waals surface area contributed by atoms with Crippen molar-refractivity contribution < 1.29 is 4.79 Å². The number of rotatable bonds is 3. The largest absolute Gasteiger partial charge is 0.335 e. The SMILES string of the molecule is CCCC1(N)CN(C(=O)c2cc(C)cc(C)c2)C1. The van der Waals surface area contributed by atoms with Crippen LogP contribution < -0.4 is 5.73 Å². The van der Waals surface area contributed by atoms with E-state index in [1.54, 1.807) is 0 Å². The van der Waals surface area contributed by atoms with Gasteiger partial charge in [0, 0.05) is 18.7 Å². The number of amides is 1. The molecule has 1 aromatic rings. The van der Waals surface area contributed by atoms with Gasteiger partial charge in [-0.2, -0.15) is 0 Å². The van der Waals surface area contributed by atoms with Crippen molar-refractivity contribution in [1.29, 1.82) is 0 Å². The van der Waals surface area contributed by atoms with E-state index in [-0.39, 0.29) is 11.4 Å². The van der Waals surface area contributed by atoms with Gasteiger partial charge in [-0.05, 0) is 32.4 Å². The smallest absolute Gasteiger partial charge is 0.254 e. The molecule has 2 N–H and O–H groups in total. The predicted molar refractivity (Wildman–Crippen MR) is 73.6 cm³/mol. The van der Waals surface area contributed by atoms with Gasteiger partial charge in [0.1, 0.15) is 0 Å². The number of hydrogen-bond acceptors (Lipinski definition) is 2. The lowest BCUT2D eigenvalue weighted by atomic mass is 9.86. The molecular weight excluding hydrogens is 224 g/mol. The molecule has 3 nitrogen and oxygen atoms in total. The van der Waals surface area contributed by atoms with Crippen molar-refractivity contribution in [1.82, 2.24) is 4.90 Å². The van der Waals surface area contributed by atoms with Gasteiger partial charge in [0.25, 0.3) is 5.91 Å². The molecule has 0 radical (unpaired) electrons. The molecule has 0 aromatic heterocycles. The molecule has 3 heteroatoms. The highest BCUT2D eigenvalue weighted by molar-refractivity contribution is 5.95. The molecule has 1 aliphatic rings. The van der Waals surface area contributed by atoms with Gasteiger partial charge < -0.3 is 10.6 Å². The second-order valence-electron chi connectivity index (χ2n) is 5.65. The van der Waals surface area contributed by atoms with E-state index in [2.05, 4.69) is 13.0 Å². The first-order valence-electron chi connectivity index (χ1n) is 6.60. The first-order valence-corrected chi connectivity index (χ1v) is 6.60. The van der Waals surface area contributed by atoms with Crippen molar-refractivity contribution in [2.24, 2.45) is 5.73 Å². The van der Waals surface area contributed by atoms with Crippen LogP contribution >= 0.6 is 0 Å². The van der Waals surface area contributed by atoms with E-state index in [0.29, 0.717) is 13.1 Å². The van der Waals surface area contributed by atoms with E-state index >= 15 is 0 Å². The zero-order valence-corrected chi connectivity index (χ0v) is 11.5. The zero-order chi connectivity index (χ0) is 13.3. The van der Waals surface area contributed by atoms with Crippen molar-refractivity contribution in [3.05, 3.63) is 34.9 Å². The summed E-state index contributed by atoms with van der Waals surface area (Å²) < 4.78 is 0. The highest BCUT2D eigenvalue weighted by atomic mass is 16.2. The summed E-state index contributed by atoms with van der Waals surface area (Å²) in [7, 11) is 0. The minimum atomic E-state index is -0.150. The maximum atomic E-state index is 12.3. The lowest BCUT2D eigenvalue weighted by Crippen LogP contribution is -2.68. The molecule has 98 valence electrons. The quantitative estimate of drug-likeness (QED) is 0.889. The van der Waals surface area contributed by atoms with Crippen molar-refractivity contribution >= 4 is 5.91 Å². The number of aryl methyl sites for hydroxylation is 2. The first kappa shape index (κ1) is 13.1. The minimum Gasteiger partial charge on any atom is -0.335 e. The van der Waals surface area contributed by atoms with Crippen LogP contribution in [0.5, 0.6) is 0 Å². The number of nitrogens with two attached hydrogens (primary N) is 1. The van der Waals surface area contributed by atoms with Gasteiger partial charge in [-0.25, -0.2) is 0 Å². The van der Waals surface area contributed by atoms with Crippen LogP contribution in [0.4, 0.5) is 0 Å². The average Bonchev–Trinajstić information content (AvgIpc) is 2.23. The fourth-order valence-corrected chi connectivity index (χ4v) is 2.79. The lowest BCUT2D eigenvalue weighted by molar-refractivity contribution is 0.0386. The lowest BCUT2D eigenvalue weighted by Gasteiger charge is -2.47. The highest BCUT2D eigenvalue weighted by Gasteiger charge is 2.41. The van der Waals surface area contributed by atoms with Gasteiger partial charge in [-0.3, -0.25) is 4.79 Å². The number of likely N-dealkylation sites (tertiary alicyclic amines) is 1. The Morgan fingerprint density at radius 3 is 2.33 bits per heavy atom. The van der Waals surface area contributed by atoms with E-state index in [0.717, 1.165) is 29.5 Å². The van der Waals surface area contributed by atoms with E-state index in [1.165, 1.54) is 0 Å². The summed E-state index contributed by atoms with van der Waals surface area (Å²) in [6, 6.07) is 5.98. The minimum absolute atomic E-state index is 0.110. The Labute approximate surface area is 109 Å². The Kier molecular flexibility index (Phi) is 3.44. The molecule has 1 heterocycles. The van der Waals surface area contributed by atoms with Crippen molar-refractivity contribution in [3.8, 4) is 0 Å². The molecule has 1 saturated heterocycles. The summed E-state index contributed by atoms with van der Waals surface area (Å²) in [5.74, 6) is 0.110. The standard InChI is InChI=1S/C15H22N2O/c1-4-5-15(16)9-17(10-15)14(18)13-7-11(2)6-12(3)8-13/h6-8H,4-5,9-10,16H2,1-3H3. The Morgan fingerprint density at radius 1 is 1.28 bits per heavy atom. The molecule has 1 aromatic carbocycles. The molecule has 0 spiro atoms. The summed E-state index contributed by atoms with van der Waals surface area (Å²) in [6.45, 7) is 7.54. The third-order valence-corrected chi connectivity index (χ3v) is 3.52. The molecule has 1 amide bonds.